The largest absolute Gasteiger partial charge is 0.320 e. The van der Waals surface area contributed by atoms with Gasteiger partial charge in [0.05, 0.1) is 12.2 Å². The summed E-state index contributed by atoms with van der Waals surface area (Å²) in [6.45, 7) is 0. The number of benzene rings is 1. The Labute approximate surface area is 100 Å². The summed E-state index contributed by atoms with van der Waals surface area (Å²) in [4.78, 5) is 3.53. The first-order valence-corrected chi connectivity index (χ1v) is 5.00. The molecule has 0 saturated heterocycles. The second-order valence-corrected chi connectivity index (χ2v) is 3.67. The molecular formula is C12H8F4N2. The Bertz CT molecular complexity index is 563. The maximum atomic E-state index is 13.4. The lowest BCUT2D eigenvalue weighted by molar-refractivity contribution is 0.444. The summed E-state index contributed by atoms with van der Waals surface area (Å²) in [5, 5.41) is 0. The van der Waals surface area contributed by atoms with Crippen LogP contribution >= 0.6 is 0 Å². The third-order valence-electron chi connectivity index (χ3n) is 2.50. The predicted octanol–water partition coefficient (Wildman–Crippen LogP) is 2.69. The maximum Gasteiger partial charge on any atom is 0.194 e. The molecule has 0 aliphatic carbocycles. The van der Waals surface area contributed by atoms with Crippen LogP contribution in [0.2, 0.25) is 0 Å². The molecule has 94 valence electrons. The number of halogens is 4. The van der Waals surface area contributed by atoms with Crippen LogP contribution in [0.5, 0.6) is 0 Å². The minimum atomic E-state index is -1.58. The molecule has 2 nitrogen and oxygen atoms in total. The highest BCUT2D eigenvalue weighted by Crippen LogP contribution is 2.24. The molecular weight excluding hydrogens is 248 g/mol. The van der Waals surface area contributed by atoms with Crippen molar-refractivity contribution in [1.29, 1.82) is 0 Å². The van der Waals surface area contributed by atoms with E-state index in [1.165, 1.54) is 12.3 Å². The molecule has 6 heteroatoms. The van der Waals surface area contributed by atoms with Crippen LogP contribution < -0.4 is 5.73 Å². The Morgan fingerprint density at radius 1 is 1.00 bits per heavy atom. The SMILES string of the molecule is NC(c1cc(F)c(F)c(F)c1)c1ccncc1F. The Morgan fingerprint density at radius 2 is 1.61 bits per heavy atom. The molecule has 1 unspecified atom stereocenters. The van der Waals surface area contributed by atoms with E-state index in [-0.39, 0.29) is 11.1 Å². The molecule has 0 aliphatic heterocycles. The first-order chi connectivity index (χ1) is 8.50. The highest BCUT2D eigenvalue weighted by Gasteiger charge is 2.18. The first-order valence-electron chi connectivity index (χ1n) is 5.00. The monoisotopic (exact) mass is 256 g/mol. The number of nitrogens with two attached hydrogens (primary N) is 1. The molecule has 2 N–H and O–H groups in total. The van der Waals surface area contributed by atoms with Crippen LogP contribution in [0.3, 0.4) is 0 Å². The molecule has 0 saturated carbocycles. The van der Waals surface area contributed by atoms with Gasteiger partial charge in [-0.15, -0.1) is 0 Å². The van der Waals surface area contributed by atoms with Crippen LogP contribution in [0.15, 0.2) is 30.6 Å². The summed E-state index contributed by atoms with van der Waals surface area (Å²) in [5.41, 5.74) is 5.65. The number of rotatable bonds is 2. The minimum Gasteiger partial charge on any atom is -0.320 e. The van der Waals surface area contributed by atoms with Gasteiger partial charge in [-0.05, 0) is 23.8 Å². The van der Waals surface area contributed by atoms with E-state index < -0.39 is 29.3 Å². The second kappa shape index (κ2) is 4.73. The van der Waals surface area contributed by atoms with Gasteiger partial charge >= 0.3 is 0 Å². The highest BCUT2D eigenvalue weighted by molar-refractivity contribution is 5.32. The first kappa shape index (κ1) is 12.5. The topological polar surface area (TPSA) is 38.9 Å². The van der Waals surface area contributed by atoms with Crippen molar-refractivity contribution in [3.8, 4) is 0 Å². The number of aromatic nitrogens is 1. The molecule has 0 fully saturated rings. The van der Waals surface area contributed by atoms with E-state index in [4.69, 9.17) is 5.73 Å². The molecule has 0 aliphatic rings. The van der Waals surface area contributed by atoms with Crippen molar-refractivity contribution in [2.24, 2.45) is 5.73 Å². The van der Waals surface area contributed by atoms with Crippen LogP contribution in [0.4, 0.5) is 17.6 Å². The molecule has 0 radical (unpaired) electrons. The minimum absolute atomic E-state index is 0.0235. The Kier molecular flexibility index (Phi) is 3.29. The van der Waals surface area contributed by atoms with Gasteiger partial charge in [0.2, 0.25) is 0 Å². The van der Waals surface area contributed by atoms with E-state index in [1.54, 1.807) is 0 Å². The number of hydrogen-bond acceptors (Lipinski definition) is 2. The lowest BCUT2D eigenvalue weighted by atomic mass is 10.00. The lowest BCUT2D eigenvalue weighted by Crippen LogP contribution is -2.15. The predicted molar refractivity (Wildman–Crippen MR) is 56.5 cm³/mol. The average Bonchev–Trinajstić information content (AvgIpc) is 2.35. The van der Waals surface area contributed by atoms with Crippen LogP contribution in [0, 0.1) is 23.3 Å². The zero-order chi connectivity index (χ0) is 13.3. The molecule has 18 heavy (non-hydrogen) atoms. The molecule has 1 aromatic carbocycles. The Balaban J connectivity index is 2.47. The molecule has 0 amide bonds. The van der Waals surface area contributed by atoms with E-state index in [2.05, 4.69) is 4.98 Å². The van der Waals surface area contributed by atoms with Crippen molar-refractivity contribution >= 4 is 0 Å². The fourth-order valence-corrected chi connectivity index (χ4v) is 1.57. The smallest absolute Gasteiger partial charge is 0.194 e. The van der Waals surface area contributed by atoms with Gasteiger partial charge in [0, 0.05) is 11.8 Å². The normalized spacial score (nSPS) is 12.5. The summed E-state index contributed by atoms with van der Waals surface area (Å²) in [6, 6.07) is 1.67. The molecule has 1 heterocycles. The summed E-state index contributed by atoms with van der Waals surface area (Å²) in [5.74, 6) is -5.01. The third kappa shape index (κ3) is 2.19. The summed E-state index contributed by atoms with van der Waals surface area (Å²) < 4.78 is 52.3. The number of pyridine rings is 1. The van der Waals surface area contributed by atoms with E-state index in [0.717, 1.165) is 18.3 Å². The molecule has 2 rings (SSSR count). The van der Waals surface area contributed by atoms with Crippen LogP contribution in [-0.4, -0.2) is 4.98 Å². The zero-order valence-corrected chi connectivity index (χ0v) is 9.00. The van der Waals surface area contributed by atoms with Crippen LogP contribution in [0.25, 0.3) is 0 Å². The van der Waals surface area contributed by atoms with E-state index in [1.807, 2.05) is 0 Å². The maximum absolute atomic E-state index is 13.4. The van der Waals surface area contributed by atoms with Crippen molar-refractivity contribution in [3.63, 3.8) is 0 Å². The van der Waals surface area contributed by atoms with Gasteiger partial charge in [-0.25, -0.2) is 17.6 Å². The van der Waals surface area contributed by atoms with Crippen molar-refractivity contribution in [1.82, 2.24) is 4.98 Å². The van der Waals surface area contributed by atoms with Gasteiger partial charge in [0.15, 0.2) is 17.5 Å². The number of hydrogen-bond donors (Lipinski definition) is 1. The molecule has 1 atom stereocenters. The van der Waals surface area contributed by atoms with E-state index >= 15 is 0 Å². The lowest BCUT2D eigenvalue weighted by Gasteiger charge is -2.13. The van der Waals surface area contributed by atoms with Gasteiger partial charge in [-0.1, -0.05) is 0 Å². The Morgan fingerprint density at radius 3 is 2.17 bits per heavy atom. The van der Waals surface area contributed by atoms with Crippen molar-refractivity contribution in [3.05, 3.63) is 65.0 Å². The van der Waals surface area contributed by atoms with Gasteiger partial charge in [-0.2, -0.15) is 0 Å². The van der Waals surface area contributed by atoms with Gasteiger partial charge in [0.25, 0.3) is 0 Å². The molecule has 1 aromatic heterocycles. The molecule has 0 bridgehead atoms. The summed E-state index contributed by atoms with van der Waals surface area (Å²) in [6.07, 6.45) is 2.24. The highest BCUT2D eigenvalue weighted by atomic mass is 19.2. The van der Waals surface area contributed by atoms with Crippen molar-refractivity contribution in [2.45, 2.75) is 6.04 Å². The van der Waals surface area contributed by atoms with E-state index in [9.17, 15) is 17.6 Å². The summed E-state index contributed by atoms with van der Waals surface area (Å²) >= 11 is 0. The van der Waals surface area contributed by atoms with Crippen LogP contribution in [0.1, 0.15) is 17.2 Å². The Hall–Kier alpha value is -1.95. The van der Waals surface area contributed by atoms with E-state index in [0.29, 0.717) is 0 Å². The fraction of sp³-hybridized carbons (Fsp3) is 0.0833. The van der Waals surface area contributed by atoms with Crippen LogP contribution in [-0.2, 0) is 0 Å². The standard InChI is InChI=1S/C12H8F4N2/c13-8-3-6(4-9(14)11(8)16)12(17)7-1-2-18-5-10(7)15/h1-5,12H,17H2. The third-order valence-corrected chi connectivity index (χ3v) is 2.50. The molecule has 2 aromatic rings. The summed E-state index contributed by atoms with van der Waals surface area (Å²) in [7, 11) is 0. The number of nitrogens with zero attached hydrogens (tertiary/aromatic N) is 1. The van der Waals surface area contributed by atoms with Crippen molar-refractivity contribution in [2.75, 3.05) is 0 Å². The van der Waals surface area contributed by atoms with Gasteiger partial charge in [-0.3, -0.25) is 4.98 Å². The van der Waals surface area contributed by atoms with Gasteiger partial charge < -0.3 is 5.73 Å². The fourth-order valence-electron chi connectivity index (χ4n) is 1.57. The van der Waals surface area contributed by atoms with Crippen molar-refractivity contribution < 1.29 is 17.6 Å². The average molecular weight is 256 g/mol. The van der Waals surface area contributed by atoms with Gasteiger partial charge in [0.1, 0.15) is 5.82 Å². The second-order valence-electron chi connectivity index (χ2n) is 3.67. The quantitative estimate of drug-likeness (QED) is 0.662. The molecule has 0 spiro atoms. The zero-order valence-electron chi connectivity index (χ0n) is 9.00.